The molecule has 4 rings (SSSR count). The van der Waals surface area contributed by atoms with Crippen LogP contribution in [0.15, 0.2) is 91.0 Å². The molecule has 2 nitrogen and oxygen atoms in total. The smallest absolute Gasteiger partial charge is 0.129 e. The zero-order valence-electron chi connectivity index (χ0n) is 18.3. The molecule has 32 heavy (non-hydrogen) atoms. The largest absolute Gasteiger partial charge is 0.488 e. The summed E-state index contributed by atoms with van der Waals surface area (Å²) in [7, 11) is 0. The predicted molar refractivity (Wildman–Crippen MR) is 133 cm³/mol. The van der Waals surface area contributed by atoms with E-state index in [1.807, 2.05) is 30.3 Å². The monoisotopic (exact) mass is 449 g/mol. The van der Waals surface area contributed by atoms with Crippen molar-refractivity contribution in [2.24, 2.45) is 0 Å². The molecule has 166 valence electrons. The van der Waals surface area contributed by atoms with Crippen molar-refractivity contribution in [1.29, 1.82) is 0 Å². The zero-order valence-corrected chi connectivity index (χ0v) is 19.1. The number of nitrogens with one attached hydrogen (secondary N) is 1. The SMILES string of the molecule is CCCC(NCc1c(OCc2ccccc2F)ccc2ccccc12)c1ccccc1.Cl. The standard InChI is InChI=1S/C28H28FNO.ClH/c1-2-10-27(22-12-4-3-5-13-22)30-19-25-24-15-8-6-11-21(24)17-18-28(25)31-20-23-14-7-9-16-26(23)29;/h3-9,11-18,27,30H,2,10,19-20H2,1H3;1H. The van der Waals surface area contributed by atoms with Gasteiger partial charge in [0.25, 0.3) is 0 Å². The fraction of sp³-hybridized carbons (Fsp3) is 0.214. The van der Waals surface area contributed by atoms with Gasteiger partial charge >= 0.3 is 0 Å². The van der Waals surface area contributed by atoms with Gasteiger partial charge in [-0.3, -0.25) is 0 Å². The number of benzene rings is 4. The molecule has 0 radical (unpaired) electrons. The summed E-state index contributed by atoms with van der Waals surface area (Å²) >= 11 is 0. The summed E-state index contributed by atoms with van der Waals surface area (Å²) < 4.78 is 20.2. The summed E-state index contributed by atoms with van der Waals surface area (Å²) in [5, 5.41) is 6.07. The third-order valence-electron chi connectivity index (χ3n) is 5.64. The molecule has 0 saturated carbocycles. The van der Waals surface area contributed by atoms with E-state index in [9.17, 15) is 4.39 Å². The van der Waals surface area contributed by atoms with Crippen molar-refractivity contribution in [3.05, 3.63) is 114 Å². The maximum absolute atomic E-state index is 14.1. The molecule has 0 aliphatic carbocycles. The lowest BCUT2D eigenvalue weighted by Gasteiger charge is -2.21. The minimum Gasteiger partial charge on any atom is -0.488 e. The number of ether oxygens (including phenoxy) is 1. The maximum atomic E-state index is 14.1. The van der Waals surface area contributed by atoms with Crippen LogP contribution in [0.4, 0.5) is 4.39 Å². The lowest BCUT2D eigenvalue weighted by atomic mass is 10.00. The molecule has 1 atom stereocenters. The van der Waals surface area contributed by atoms with E-state index in [4.69, 9.17) is 4.74 Å². The summed E-state index contributed by atoms with van der Waals surface area (Å²) in [5.41, 5.74) is 2.95. The third-order valence-corrected chi connectivity index (χ3v) is 5.64. The lowest BCUT2D eigenvalue weighted by Crippen LogP contribution is -2.21. The Balaban J connectivity index is 0.00000289. The normalized spacial score (nSPS) is 11.7. The van der Waals surface area contributed by atoms with Gasteiger partial charge in [-0.05, 0) is 34.9 Å². The van der Waals surface area contributed by atoms with Crippen LogP contribution in [0, 0.1) is 5.82 Å². The molecule has 4 aromatic rings. The van der Waals surface area contributed by atoms with Crippen LogP contribution in [-0.4, -0.2) is 0 Å². The summed E-state index contributed by atoms with van der Waals surface area (Å²) in [6, 6.07) is 30.0. The van der Waals surface area contributed by atoms with E-state index in [0.29, 0.717) is 12.1 Å². The number of hydrogen-bond donors (Lipinski definition) is 1. The molecule has 0 heterocycles. The summed E-state index contributed by atoms with van der Waals surface area (Å²) in [4.78, 5) is 0. The first-order chi connectivity index (χ1) is 15.3. The second-order valence-electron chi connectivity index (χ2n) is 7.78. The molecule has 0 spiro atoms. The van der Waals surface area contributed by atoms with Crippen molar-refractivity contribution in [3.8, 4) is 5.75 Å². The molecule has 1 N–H and O–H groups in total. The predicted octanol–water partition coefficient (Wildman–Crippen LogP) is 7.61. The van der Waals surface area contributed by atoms with Crippen LogP contribution in [0.3, 0.4) is 0 Å². The molecule has 4 aromatic carbocycles. The van der Waals surface area contributed by atoms with Crippen molar-refractivity contribution in [2.75, 3.05) is 0 Å². The highest BCUT2D eigenvalue weighted by Gasteiger charge is 2.14. The molecular formula is C28H29ClFNO. The number of hydrogen-bond acceptors (Lipinski definition) is 2. The number of fused-ring (bicyclic) bond motifs is 1. The quantitative estimate of drug-likeness (QED) is 0.284. The summed E-state index contributed by atoms with van der Waals surface area (Å²) in [5.74, 6) is 0.549. The fourth-order valence-corrected chi connectivity index (χ4v) is 3.99. The Bertz CT molecular complexity index is 1130. The Labute approximate surface area is 195 Å². The average molecular weight is 450 g/mol. The first kappa shape index (κ1) is 23.8. The molecule has 0 aliphatic heterocycles. The highest BCUT2D eigenvalue weighted by atomic mass is 35.5. The van der Waals surface area contributed by atoms with Gasteiger partial charge in [0, 0.05) is 23.7 Å². The molecule has 4 heteroatoms. The molecule has 0 amide bonds. The van der Waals surface area contributed by atoms with Gasteiger partial charge in [-0.1, -0.05) is 92.2 Å². The van der Waals surface area contributed by atoms with Crippen LogP contribution in [0.25, 0.3) is 10.8 Å². The van der Waals surface area contributed by atoms with Crippen LogP contribution < -0.4 is 10.1 Å². The Morgan fingerprint density at radius 3 is 2.34 bits per heavy atom. The molecular weight excluding hydrogens is 421 g/mol. The lowest BCUT2D eigenvalue weighted by molar-refractivity contribution is 0.296. The highest BCUT2D eigenvalue weighted by molar-refractivity contribution is 5.87. The van der Waals surface area contributed by atoms with E-state index in [0.717, 1.165) is 29.5 Å². The van der Waals surface area contributed by atoms with E-state index in [2.05, 4.69) is 54.7 Å². The Morgan fingerprint density at radius 1 is 0.844 bits per heavy atom. The van der Waals surface area contributed by atoms with Crippen LogP contribution in [0.2, 0.25) is 0 Å². The maximum Gasteiger partial charge on any atom is 0.129 e. The highest BCUT2D eigenvalue weighted by Crippen LogP contribution is 2.30. The van der Waals surface area contributed by atoms with Gasteiger partial charge < -0.3 is 10.1 Å². The molecule has 0 aromatic heterocycles. The van der Waals surface area contributed by atoms with Gasteiger partial charge in [-0.2, -0.15) is 0 Å². The third kappa shape index (κ3) is 5.67. The summed E-state index contributed by atoms with van der Waals surface area (Å²) in [6.07, 6.45) is 2.15. The zero-order chi connectivity index (χ0) is 21.5. The van der Waals surface area contributed by atoms with Gasteiger partial charge in [-0.25, -0.2) is 4.39 Å². The first-order valence-corrected chi connectivity index (χ1v) is 10.9. The van der Waals surface area contributed by atoms with Crippen molar-refractivity contribution in [1.82, 2.24) is 5.32 Å². The second kappa shape index (κ2) is 11.7. The molecule has 0 bridgehead atoms. The van der Waals surface area contributed by atoms with Gasteiger partial charge in [0.2, 0.25) is 0 Å². The van der Waals surface area contributed by atoms with Crippen molar-refractivity contribution in [2.45, 2.75) is 39.0 Å². The van der Waals surface area contributed by atoms with Crippen LogP contribution >= 0.6 is 12.4 Å². The molecule has 0 fully saturated rings. The topological polar surface area (TPSA) is 21.3 Å². The Morgan fingerprint density at radius 2 is 1.56 bits per heavy atom. The number of halogens is 2. The van der Waals surface area contributed by atoms with E-state index >= 15 is 0 Å². The Kier molecular flexibility index (Phi) is 8.66. The van der Waals surface area contributed by atoms with Crippen molar-refractivity contribution in [3.63, 3.8) is 0 Å². The van der Waals surface area contributed by atoms with Crippen LogP contribution in [-0.2, 0) is 13.2 Å². The van der Waals surface area contributed by atoms with Crippen LogP contribution in [0.1, 0.15) is 42.5 Å². The van der Waals surface area contributed by atoms with Crippen molar-refractivity contribution >= 4 is 23.2 Å². The van der Waals surface area contributed by atoms with Crippen molar-refractivity contribution < 1.29 is 9.13 Å². The van der Waals surface area contributed by atoms with Gasteiger partial charge in [-0.15, -0.1) is 12.4 Å². The second-order valence-corrected chi connectivity index (χ2v) is 7.78. The molecule has 0 aliphatic rings. The van der Waals surface area contributed by atoms with E-state index < -0.39 is 0 Å². The number of rotatable bonds is 9. The van der Waals surface area contributed by atoms with Gasteiger partial charge in [0.05, 0.1) is 0 Å². The summed E-state index contributed by atoms with van der Waals surface area (Å²) in [6.45, 7) is 3.08. The van der Waals surface area contributed by atoms with E-state index in [-0.39, 0.29) is 30.9 Å². The van der Waals surface area contributed by atoms with Gasteiger partial charge in [0.15, 0.2) is 0 Å². The van der Waals surface area contributed by atoms with E-state index in [1.54, 1.807) is 12.1 Å². The van der Waals surface area contributed by atoms with Crippen LogP contribution in [0.5, 0.6) is 5.75 Å². The first-order valence-electron chi connectivity index (χ1n) is 10.9. The van der Waals surface area contributed by atoms with E-state index in [1.165, 1.54) is 17.0 Å². The molecule has 1 unspecified atom stereocenters. The fourth-order valence-electron chi connectivity index (χ4n) is 3.99. The minimum atomic E-state index is -0.241. The average Bonchev–Trinajstić information content (AvgIpc) is 2.82. The minimum absolute atomic E-state index is 0. The Hall–Kier alpha value is -2.88. The van der Waals surface area contributed by atoms with Gasteiger partial charge in [0.1, 0.15) is 18.2 Å². The molecule has 0 saturated heterocycles.